The van der Waals surface area contributed by atoms with Crippen molar-refractivity contribution in [2.24, 2.45) is 5.41 Å². The van der Waals surface area contributed by atoms with Gasteiger partial charge in [0.1, 0.15) is 0 Å². The average molecular weight is 332 g/mol. The minimum Gasteiger partial charge on any atom is -0.351 e. The second-order valence-electron chi connectivity index (χ2n) is 5.74. The van der Waals surface area contributed by atoms with E-state index in [1.54, 1.807) is 0 Å². The second kappa shape index (κ2) is 5.21. The quantitative estimate of drug-likeness (QED) is 0.876. The van der Waals surface area contributed by atoms with Crippen LogP contribution in [0.2, 0.25) is 0 Å². The van der Waals surface area contributed by atoms with E-state index in [4.69, 9.17) is 0 Å². The molecule has 0 bridgehead atoms. The largest absolute Gasteiger partial charge is 0.351 e. The Morgan fingerprint density at radius 2 is 1.90 bits per heavy atom. The summed E-state index contributed by atoms with van der Waals surface area (Å²) in [4.78, 5) is 12.2. The summed E-state index contributed by atoms with van der Waals surface area (Å²) in [6.45, 7) is 3.01. The number of fused-ring (bicyclic) bond motifs is 1. The molecule has 3 rings (SSSR count). The Bertz CT molecular complexity index is 661. The summed E-state index contributed by atoms with van der Waals surface area (Å²) in [5, 5.41) is 5.32. The van der Waals surface area contributed by atoms with Crippen LogP contribution < -0.4 is 5.32 Å². The first-order valence-electron chi connectivity index (χ1n) is 7.09. The molecule has 0 aliphatic heterocycles. The smallest absolute Gasteiger partial charge is 0.251 e. The van der Waals surface area contributed by atoms with Gasteiger partial charge in [-0.2, -0.15) is 0 Å². The minimum absolute atomic E-state index is 0.0366. The van der Waals surface area contributed by atoms with Crippen LogP contribution in [-0.4, -0.2) is 12.5 Å². The number of halogens is 1. The Morgan fingerprint density at radius 1 is 1.20 bits per heavy atom. The fourth-order valence-electron chi connectivity index (χ4n) is 2.56. The normalized spacial score (nSPS) is 16.1. The first-order chi connectivity index (χ1) is 9.62. The van der Waals surface area contributed by atoms with Crippen LogP contribution in [0.3, 0.4) is 0 Å². The van der Waals surface area contributed by atoms with E-state index in [9.17, 15) is 4.79 Å². The zero-order valence-corrected chi connectivity index (χ0v) is 13.2. The van der Waals surface area contributed by atoms with Gasteiger partial charge in [0.25, 0.3) is 5.91 Å². The summed E-state index contributed by atoms with van der Waals surface area (Å²) in [5.74, 6) is 0.0366. The summed E-state index contributed by atoms with van der Waals surface area (Å²) < 4.78 is 1.06. The predicted octanol–water partition coefficient (Wildman–Crippen LogP) is 4.52. The van der Waals surface area contributed by atoms with Crippen LogP contribution >= 0.6 is 15.9 Å². The maximum Gasteiger partial charge on any atom is 0.251 e. The molecule has 20 heavy (non-hydrogen) atoms. The summed E-state index contributed by atoms with van der Waals surface area (Å²) in [6.07, 6.45) is 3.64. The van der Waals surface area contributed by atoms with Gasteiger partial charge >= 0.3 is 0 Å². The summed E-state index contributed by atoms with van der Waals surface area (Å²) in [7, 11) is 0. The maximum absolute atomic E-state index is 12.2. The lowest BCUT2D eigenvalue weighted by atomic mass is 10.0. The van der Waals surface area contributed by atoms with Gasteiger partial charge in [0.05, 0.1) is 0 Å². The lowest BCUT2D eigenvalue weighted by Crippen LogP contribution is -2.29. The van der Waals surface area contributed by atoms with E-state index in [1.807, 2.05) is 30.3 Å². The van der Waals surface area contributed by atoms with Crippen molar-refractivity contribution in [2.75, 3.05) is 6.54 Å². The number of carbonyl (C=O) groups is 1. The summed E-state index contributed by atoms with van der Waals surface area (Å²) >= 11 is 3.46. The molecule has 1 fully saturated rings. The van der Waals surface area contributed by atoms with Gasteiger partial charge in [-0.15, -0.1) is 0 Å². The first-order valence-corrected chi connectivity index (χ1v) is 7.89. The molecular weight excluding hydrogens is 314 g/mol. The Balaban J connectivity index is 1.76. The van der Waals surface area contributed by atoms with Crippen molar-refractivity contribution in [1.29, 1.82) is 0 Å². The van der Waals surface area contributed by atoms with E-state index >= 15 is 0 Å². The van der Waals surface area contributed by atoms with Crippen molar-refractivity contribution in [3.63, 3.8) is 0 Å². The Hall–Kier alpha value is -1.35. The Labute approximate surface area is 127 Å². The topological polar surface area (TPSA) is 29.1 Å². The monoisotopic (exact) mass is 331 g/mol. The van der Waals surface area contributed by atoms with Crippen LogP contribution in [0.15, 0.2) is 40.9 Å². The van der Waals surface area contributed by atoms with E-state index < -0.39 is 0 Å². The van der Waals surface area contributed by atoms with E-state index in [-0.39, 0.29) is 5.91 Å². The van der Waals surface area contributed by atoms with Crippen LogP contribution in [0.25, 0.3) is 10.8 Å². The molecule has 0 spiro atoms. The molecule has 0 saturated heterocycles. The van der Waals surface area contributed by atoms with Crippen molar-refractivity contribution in [2.45, 2.75) is 26.2 Å². The fourth-order valence-corrected chi connectivity index (χ4v) is 2.94. The Morgan fingerprint density at radius 3 is 2.60 bits per heavy atom. The number of rotatable bonds is 4. The van der Waals surface area contributed by atoms with Crippen LogP contribution in [0.1, 0.15) is 36.5 Å². The number of carbonyl (C=O) groups excluding carboxylic acids is 1. The zero-order valence-electron chi connectivity index (χ0n) is 11.6. The predicted molar refractivity (Wildman–Crippen MR) is 85.9 cm³/mol. The SMILES string of the molecule is CCC1(CNC(=O)c2ccc3cc(Br)ccc3c2)CC1. The second-order valence-corrected chi connectivity index (χ2v) is 6.66. The molecule has 0 aromatic heterocycles. The van der Waals surface area contributed by atoms with Gasteiger partial charge in [-0.3, -0.25) is 4.79 Å². The third-order valence-corrected chi connectivity index (χ3v) is 4.89. The number of hydrogen-bond acceptors (Lipinski definition) is 1. The molecule has 1 aliphatic rings. The molecule has 2 nitrogen and oxygen atoms in total. The number of nitrogens with one attached hydrogen (secondary N) is 1. The van der Waals surface area contributed by atoms with Crippen molar-refractivity contribution in [3.8, 4) is 0 Å². The molecule has 1 amide bonds. The van der Waals surface area contributed by atoms with Gasteiger partial charge in [-0.25, -0.2) is 0 Å². The average Bonchev–Trinajstić information content (AvgIpc) is 3.25. The number of benzene rings is 2. The zero-order chi connectivity index (χ0) is 14.2. The van der Waals surface area contributed by atoms with E-state index in [0.29, 0.717) is 5.41 Å². The van der Waals surface area contributed by atoms with Gasteiger partial charge in [-0.1, -0.05) is 35.0 Å². The first kappa shape index (κ1) is 13.6. The summed E-state index contributed by atoms with van der Waals surface area (Å²) in [6, 6.07) is 12.0. The standard InChI is InChI=1S/C17H18BrNO/c1-2-17(7-8-17)11-19-16(20)14-4-3-13-10-15(18)6-5-12(13)9-14/h3-6,9-10H,2,7-8,11H2,1H3,(H,19,20). The molecule has 0 heterocycles. The molecule has 0 radical (unpaired) electrons. The van der Waals surface area contributed by atoms with Crippen LogP contribution in [-0.2, 0) is 0 Å². The van der Waals surface area contributed by atoms with E-state index in [2.05, 4.69) is 34.2 Å². The van der Waals surface area contributed by atoms with Crippen LogP contribution in [0.4, 0.5) is 0 Å². The molecule has 104 valence electrons. The maximum atomic E-state index is 12.2. The molecule has 1 saturated carbocycles. The van der Waals surface area contributed by atoms with E-state index in [0.717, 1.165) is 33.8 Å². The van der Waals surface area contributed by atoms with Gasteiger partial charge in [0, 0.05) is 16.6 Å². The highest BCUT2D eigenvalue weighted by molar-refractivity contribution is 9.10. The Kier molecular flexibility index (Phi) is 3.55. The molecule has 3 heteroatoms. The highest BCUT2D eigenvalue weighted by Gasteiger charge is 2.40. The molecular formula is C17H18BrNO. The van der Waals surface area contributed by atoms with Crippen molar-refractivity contribution < 1.29 is 4.79 Å². The highest BCUT2D eigenvalue weighted by atomic mass is 79.9. The van der Waals surface area contributed by atoms with Crippen molar-refractivity contribution in [1.82, 2.24) is 5.32 Å². The molecule has 2 aromatic rings. The van der Waals surface area contributed by atoms with Gasteiger partial charge in [0.2, 0.25) is 0 Å². The third kappa shape index (κ3) is 2.73. The molecule has 0 atom stereocenters. The number of amides is 1. The lowest BCUT2D eigenvalue weighted by Gasteiger charge is -2.13. The van der Waals surface area contributed by atoms with Gasteiger partial charge in [-0.05, 0) is 59.7 Å². The summed E-state index contributed by atoms with van der Waals surface area (Å²) in [5.41, 5.74) is 1.13. The minimum atomic E-state index is 0.0366. The molecule has 1 N–H and O–H groups in total. The fraction of sp³-hybridized carbons (Fsp3) is 0.353. The van der Waals surface area contributed by atoms with Gasteiger partial charge < -0.3 is 5.32 Å². The third-order valence-electron chi connectivity index (χ3n) is 4.40. The van der Waals surface area contributed by atoms with Crippen LogP contribution in [0, 0.1) is 5.41 Å². The molecule has 2 aromatic carbocycles. The van der Waals surface area contributed by atoms with Gasteiger partial charge in [0.15, 0.2) is 0 Å². The highest BCUT2D eigenvalue weighted by Crippen LogP contribution is 2.47. The van der Waals surface area contributed by atoms with Crippen molar-refractivity contribution in [3.05, 3.63) is 46.4 Å². The van der Waals surface area contributed by atoms with Crippen molar-refractivity contribution >= 4 is 32.6 Å². The number of hydrogen-bond donors (Lipinski definition) is 1. The van der Waals surface area contributed by atoms with E-state index in [1.165, 1.54) is 12.8 Å². The molecule has 0 unspecified atom stereocenters. The van der Waals surface area contributed by atoms with Crippen LogP contribution in [0.5, 0.6) is 0 Å². The lowest BCUT2D eigenvalue weighted by molar-refractivity contribution is 0.0944. The molecule has 1 aliphatic carbocycles.